The van der Waals surface area contributed by atoms with Crippen molar-refractivity contribution < 1.29 is 0 Å². The quantitative estimate of drug-likeness (QED) is 0.778. The van der Waals surface area contributed by atoms with Crippen molar-refractivity contribution in [3.8, 4) is 11.5 Å². The number of thiazole rings is 1. The third-order valence-corrected chi connectivity index (χ3v) is 5.35. The largest absolute Gasteiger partial charge is 0.341 e. The maximum absolute atomic E-state index is 4.73. The first-order valence-electron chi connectivity index (χ1n) is 8.64. The summed E-state index contributed by atoms with van der Waals surface area (Å²) >= 11 is 1.73. The van der Waals surface area contributed by atoms with E-state index in [1.54, 1.807) is 11.3 Å². The van der Waals surface area contributed by atoms with Gasteiger partial charge >= 0.3 is 0 Å². The molecular formula is C18H22N6S. The summed E-state index contributed by atoms with van der Waals surface area (Å²) in [5.74, 6) is 2.07. The first-order valence-corrected chi connectivity index (χ1v) is 9.52. The molecule has 1 N–H and O–H groups in total. The number of rotatable bonds is 4. The number of aromatic amines is 1. The third-order valence-electron chi connectivity index (χ3n) is 4.59. The Kier molecular flexibility index (Phi) is 4.59. The van der Waals surface area contributed by atoms with Gasteiger partial charge in [0.05, 0.1) is 5.51 Å². The van der Waals surface area contributed by atoms with Crippen molar-refractivity contribution in [1.82, 2.24) is 29.8 Å². The molecule has 1 aliphatic rings. The average Bonchev–Trinajstić information content (AvgIpc) is 3.26. The maximum atomic E-state index is 4.73. The van der Waals surface area contributed by atoms with Gasteiger partial charge in [-0.05, 0) is 39.3 Å². The Labute approximate surface area is 151 Å². The molecule has 1 fully saturated rings. The monoisotopic (exact) mass is 354 g/mol. The van der Waals surface area contributed by atoms with Crippen molar-refractivity contribution in [2.45, 2.75) is 39.2 Å². The van der Waals surface area contributed by atoms with E-state index in [9.17, 15) is 0 Å². The molecule has 0 spiro atoms. The number of piperidine rings is 1. The molecular weight excluding hydrogens is 332 g/mol. The number of hydrogen-bond donors (Lipinski definition) is 1. The van der Waals surface area contributed by atoms with E-state index in [1.807, 2.05) is 31.8 Å². The van der Waals surface area contributed by atoms with Crippen LogP contribution in [-0.4, -0.2) is 42.9 Å². The topological polar surface area (TPSA) is 70.6 Å². The van der Waals surface area contributed by atoms with Crippen LogP contribution in [0.15, 0.2) is 24.0 Å². The second-order valence-electron chi connectivity index (χ2n) is 6.68. The van der Waals surface area contributed by atoms with Crippen molar-refractivity contribution in [2.75, 3.05) is 13.1 Å². The summed E-state index contributed by atoms with van der Waals surface area (Å²) in [5, 5.41) is 0. The van der Waals surface area contributed by atoms with Crippen LogP contribution in [0.3, 0.4) is 0 Å². The molecule has 1 saturated heterocycles. The summed E-state index contributed by atoms with van der Waals surface area (Å²) in [5.41, 5.74) is 4.96. The average molecular weight is 354 g/mol. The summed E-state index contributed by atoms with van der Waals surface area (Å²) in [7, 11) is 0. The fraction of sp³-hybridized carbons (Fsp3) is 0.444. The number of nitrogens with one attached hydrogen (secondary N) is 1. The Morgan fingerprint density at radius 3 is 2.96 bits per heavy atom. The highest BCUT2D eigenvalue weighted by atomic mass is 32.1. The fourth-order valence-corrected chi connectivity index (χ4v) is 4.08. The van der Waals surface area contributed by atoms with Gasteiger partial charge < -0.3 is 4.98 Å². The van der Waals surface area contributed by atoms with Crippen LogP contribution < -0.4 is 0 Å². The number of hydrogen-bond acceptors (Lipinski definition) is 6. The molecule has 0 aliphatic carbocycles. The van der Waals surface area contributed by atoms with E-state index in [0.717, 1.165) is 48.4 Å². The highest BCUT2D eigenvalue weighted by Gasteiger charge is 2.24. The Hall–Kier alpha value is -2.12. The number of aromatic nitrogens is 5. The number of likely N-dealkylation sites (tertiary alicyclic amines) is 1. The molecule has 4 rings (SSSR count). The predicted molar refractivity (Wildman–Crippen MR) is 98.5 cm³/mol. The minimum Gasteiger partial charge on any atom is -0.341 e. The highest BCUT2D eigenvalue weighted by Crippen LogP contribution is 2.28. The van der Waals surface area contributed by atoms with Crippen LogP contribution >= 0.6 is 11.3 Å². The summed E-state index contributed by atoms with van der Waals surface area (Å²) in [6.07, 6.45) is 6.18. The van der Waals surface area contributed by atoms with Gasteiger partial charge in [-0.1, -0.05) is 0 Å². The summed E-state index contributed by atoms with van der Waals surface area (Å²) in [4.78, 5) is 25.0. The summed E-state index contributed by atoms with van der Waals surface area (Å²) < 4.78 is 0. The van der Waals surface area contributed by atoms with Crippen LogP contribution in [0, 0.1) is 13.8 Å². The van der Waals surface area contributed by atoms with Crippen molar-refractivity contribution in [3.05, 3.63) is 46.1 Å². The first-order chi connectivity index (χ1) is 12.2. The lowest BCUT2D eigenvalue weighted by Crippen LogP contribution is -2.34. The maximum Gasteiger partial charge on any atom is 0.156 e. The fourth-order valence-electron chi connectivity index (χ4n) is 3.45. The van der Waals surface area contributed by atoms with Gasteiger partial charge in [-0.15, -0.1) is 11.3 Å². The summed E-state index contributed by atoms with van der Waals surface area (Å²) in [6.45, 7) is 7.12. The van der Waals surface area contributed by atoms with Gasteiger partial charge in [0.2, 0.25) is 0 Å². The molecule has 0 amide bonds. The van der Waals surface area contributed by atoms with E-state index in [4.69, 9.17) is 4.98 Å². The van der Waals surface area contributed by atoms with Crippen molar-refractivity contribution in [2.24, 2.45) is 0 Å². The Morgan fingerprint density at radius 1 is 1.28 bits per heavy atom. The molecule has 0 unspecified atom stereocenters. The molecule has 0 bridgehead atoms. The molecule has 130 valence electrons. The minimum absolute atomic E-state index is 0.443. The van der Waals surface area contributed by atoms with Crippen LogP contribution in [0.25, 0.3) is 11.5 Å². The van der Waals surface area contributed by atoms with E-state index in [2.05, 4.69) is 30.9 Å². The highest BCUT2D eigenvalue weighted by molar-refractivity contribution is 7.09. The zero-order valence-electron chi connectivity index (χ0n) is 14.6. The van der Waals surface area contributed by atoms with Crippen LogP contribution in [-0.2, 0) is 6.54 Å². The van der Waals surface area contributed by atoms with Gasteiger partial charge in [0.25, 0.3) is 0 Å². The third kappa shape index (κ3) is 3.77. The van der Waals surface area contributed by atoms with Crippen LogP contribution in [0.4, 0.5) is 0 Å². The molecule has 1 aliphatic heterocycles. The lowest BCUT2D eigenvalue weighted by Gasteiger charge is -2.32. The van der Waals surface area contributed by atoms with Crippen molar-refractivity contribution in [3.63, 3.8) is 0 Å². The zero-order chi connectivity index (χ0) is 17.2. The van der Waals surface area contributed by atoms with Gasteiger partial charge in [-0.2, -0.15) is 0 Å². The van der Waals surface area contributed by atoms with E-state index in [-0.39, 0.29) is 0 Å². The second-order valence-corrected chi connectivity index (χ2v) is 7.65. The van der Waals surface area contributed by atoms with Crippen LogP contribution in [0.5, 0.6) is 0 Å². The Morgan fingerprint density at radius 2 is 2.20 bits per heavy atom. The molecule has 7 heteroatoms. The van der Waals surface area contributed by atoms with Crippen molar-refractivity contribution in [1.29, 1.82) is 0 Å². The summed E-state index contributed by atoms with van der Waals surface area (Å²) in [6, 6.07) is 2.10. The van der Waals surface area contributed by atoms with Gasteiger partial charge in [0, 0.05) is 47.7 Å². The number of nitrogens with zero attached hydrogens (tertiary/aromatic N) is 5. The number of aryl methyl sites for hydroxylation is 2. The van der Waals surface area contributed by atoms with E-state index in [0.29, 0.717) is 5.92 Å². The van der Waals surface area contributed by atoms with E-state index >= 15 is 0 Å². The normalized spacial score (nSPS) is 18.6. The Balaban J connectivity index is 1.55. The lowest BCUT2D eigenvalue weighted by atomic mass is 9.94. The van der Waals surface area contributed by atoms with Gasteiger partial charge in [-0.3, -0.25) is 9.88 Å². The van der Waals surface area contributed by atoms with Crippen LogP contribution in [0.1, 0.15) is 40.8 Å². The minimum atomic E-state index is 0.443. The van der Waals surface area contributed by atoms with Gasteiger partial charge in [0.1, 0.15) is 11.5 Å². The van der Waals surface area contributed by atoms with Gasteiger partial charge in [-0.25, -0.2) is 15.0 Å². The van der Waals surface area contributed by atoms with Crippen LogP contribution in [0.2, 0.25) is 0 Å². The predicted octanol–water partition coefficient (Wildman–Crippen LogP) is 3.32. The molecule has 3 aromatic rings. The molecule has 4 heterocycles. The molecule has 1 atom stereocenters. The SMILES string of the molecule is Cc1nc(-c2ncc(C)[nH]2)cc([C@@H]2CCCN(Cc3cncs3)C2)n1. The molecule has 25 heavy (non-hydrogen) atoms. The zero-order valence-corrected chi connectivity index (χ0v) is 15.4. The molecule has 3 aromatic heterocycles. The second kappa shape index (κ2) is 7.01. The standard InChI is InChI=1S/C18H22N6S/c1-12-7-20-18(21-12)17-6-16(22-13(2)23-17)14-4-3-5-24(9-14)10-15-8-19-11-25-15/h6-8,11,14H,3-5,9-10H2,1-2H3,(H,20,21)/t14-/m1/s1. The van der Waals surface area contributed by atoms with Crippen molar-refractivity contribution >= 4 is 11.3 Å². The molecule has 0 radical (unpaired) electrons. The Bertz CT molecular complexity index is 841. The first kappa shape index (κ1) is 16.4. The molecule has 0 aromatic carbocycles. The lowest BCUT2D eigenvalue weighted by molar-refractivity contribution is 0.200. The smallest absolute Gasteiger partial charge is 0.156 e. The molecule has 6 nitrogen and oxygen atoms in total. The van der Waals surface area contributed by atoms with Gasteiger partial charge in [0.15, 0.2) is 5.82 Å². The number of H-pyrrole nitrogens is 1. The van der Waals surface area contributed by atoms with E-state index in [1.165, 1.54) is 17.7 Å². The molecule has 0 saturated carbocycles. The van der Waals surface area contributed by atoms with E-state index < -0.39 is 0 Å². The number of imidazole rings is 1.